The highest BCUT2D eigenvalue weighted by atomic mass is 15.1. The van der Waals surface area contributed by atoms with Gasteiger partial charge in [0.15, 0.2) is 0 Å². The van der Waals surface area contributed by atoms with Crippen LogP contribution in [0, 0.1) is 6.07 Å². The summed E-state index contributed by atoms with van der Waals surface area (Å²) in [5.74, 6) is 0.663. The first-order chi connectivity index (χ1) is 4.43. The molecule has 0 fully saturated rings. The minimum absolute atomic E-state index is 0.663. The lowest BCUT2D eigenvalue weighted by Crippen LogP contribution is -2.00. The van der Waals surface area contributed by atoms with Gasteiger partial charge < -0.3 is 5.32 Å². The topological polar surface area (TPSA) is 37.8 Å². The number of nitrogens with zero attached hydrogens (tertiary/aromatic N) is 2. The lowest BCUT2D eigenvalue weighted by atomic mass is 10.6. The first-order valence-electron chi connectivity index (χ1n) is 2.85. The van der Waals surface area contributed by atoms with Crippen LogP contribution in [-0.2, 0) is 0 Å². The summed E-state index contributed by atoms with van der Waals surface area (Å²) in [5.41, 5.74) is 0. The van der Waals surface area contributed by atoms with Crippen molar-refractivity contribution in [2.45, 2.75) is 6.92 Å². The maximum Gasteiger partial charge on any atom is 0.222 e. The summed E-state index contributed by atoms with van der Waals surface area (Å²) >= 11 is 0. The van der Waals surface area contributed by atoms with E-state index in [2.05, 4.69) is 21.4 Å². The fraction of sp³-hybridized carbons (Fsp3) is 0.333. The molecule has 1 heterocycles. The lowest BCUT2D eigenvalue weighted by Gasteiger charge is -1.96. The van der Waals surface area contributed by atoms with Crippen LogP contribution in [0.1, 0.15) is 6.92 Å². The van der Waals surface area contributed by atoms with Gasteiger partial charge in [-0.1, -0.05) is 0 Å². The van der Waals surface area contributed by atoms with E-state index in [1.54, 1.807) is 12.4 Å². The summed E-state index contributed by atoms with van der Waals surface area (Å²) in [4.78, 5) is 7.78. The average Bonchev–Trinajstić information content (AvgIpc) is 1.91. The Kier molecular flexibility index (Phi) is 2.01. The number of hydrogen-bond acceptors (Lipinski definition) is 3. The third kappa shape index (κ3) is 1.68. The number of nitrogens with one attached hydrogen (secondary N) is 1. The molecule has 0 aromatic carbocycles. The van der Waals surface area contributed by atoms with E-state index in [1.165, 1.54) is 0 Å². The first-order valence-corrected chi connectivity index (χ1v) is 2.85. The molecule has 0 bridgehead atoms. The van der Waals surface area contributed by atoms with Crippen LogP contribution in [0.2, 0.25) is 0 Å². The van der Waals surface area contributed by atoms with E-state index in [9.17, 15) is 0 Å². The molecule has 1 radical (unpaired) electrons. The molecule has 0 aliphatic carbocycles. The lowest BCUT2D eigenvalue weighted by molar-refractivity contribution is 1.08. The van der Waals surface area contributed by atoms with E-state index in [1.807, 2.05) is 6.92 Å². The van der Waals surface area contributed by atoms with Crippen LogP contribution < -0.4 is 5.32 Å². The molecule has 0 saturated carbocycles. The molecule has 0 saturated heterocycles. The normalized spacial score (nSPS) is 9.00. The molecule has 0 aliphatic heterocycles. The van der Waals surface area contributed by atoms with E-state index in [0.29, 0.717) is 5.95 Å². The standard InChI is InChI=1S/C6H8N3/c1-2-7-6-8-4-3-5-9-6/h4-5H,2H2,1H3,(H,7,8,9). The number of aromatic nitrogens is 2. The van der Waals surface area contributed by atoms with Gasteiger partial charge in [0.25, 0.3) is 0 Å². The van der Waals surface area contributed by atoms with Crippen LogP contribution >= 0.6 is 0 Å². The second-order valence-corrected chi connectivity index (χ2v) is 1.54. The number of anilines is 1. The highest BCUT2D eigenvalue weighted by Crippen LogP contribution is 1.90. The van der Waals surface area contributed by atoms with Crippen molar-refractivity contribution in [2.24, 2.45) is 0 Å². The zero-order chi connectivity index (χ0) is 6.53. The van der Waals surface area contributed by atoms with Crippen molar-refractivity contribution in [2.75, 3.05) is 11.9 Å². The van der Waals surface area contributed by atoms with Crippen molar-refractivity contribution in [1.29, 1.82) is 0 Å². The Balaban J connectivity index is 2.61. The molecule has 1 N–H and O–H groups in total. The molecule has 3 heteroatoms. The maximum atomic E-state index is 3.89. The van der Waals surface area contributed by atoms with Crippen molar-refractivity contribution < 1.29 is 0 Å². The van der Waals surface area contributed by atoms with E-state index in [0.717, 1.165) is 6.54 Å². The van der Waals surface area contributed by atoms with Crippen LogP contribution in [0.3, 0.4) is 0 Å². The molecule has 9 heavy (non-hydrogen) atoms. The van der Waals surface area contributed by atoms with Gasteiger partial charge in [-0.05, 0) is 6.92 Å². The van der Waals surface area contributed by atoms with Crippen molar-refractivity contribution in [3.05, 3.63) is 18.5 Å². The predicted molar refractivity (Wildman–Crippen MR) is 35.0 cm³/mol. The largest absolute Gasteiger partial charge is 0.355 e. The van der Waals surface area contributed by atoms with Gasteiger partial charge in [-0.15, -0.1) is 0 Å². The molecular weight excluding hydrogens is 114 g/mol. The molecule has 0 aliphatic rings. The molecule has 3 nitrogen and oxygen atoms in total. The molecular formula is C6H8N3. The Morgan fingerprint density at radius 2 is 2.22 bits per heavy atom. The van der Waals surface area contributed by atoms with Gasteiger partial charge in [0.05, 0.1) is 0 Å². The monoisotopic (exact) mass is 122 g/mol. The average molecular weight is 122 g/mol. The predicted octanol–water partition coefficient (Wildman–Crippen LogP) is 0.709. The summed E-state index contributed by atoms with van der Waals surface area (Å²) in [6.07, 6.45) is 3.18. The summed E-state index contributed by atoms with van der Waals surface area (Å²) in [5, 5.41) is 2.97. The van der Waals surface area contributed by atoms with Crippen molar-refractivity contribution in [1.82, 2.24) is 9.97 Å². The smallest absolute Gasteiger partial charge is 0.222 e. The highest BCUT2D eigenvalue weighted by Gasteiger charge is 1.85. The Bertz CT molecular complexity index is 161. The fourth-order valence-corrected chi connectivity index (χ4v) is 0.513. The Morgan fingerprint density at radius 1 is 1.56 bits per heavy atom. The van der Waals surface area contributed by atoms with Gasteiger partial charge >= 0.3 is 0 Å². The summed E-state index contributed by atoms with van der Waals surface area (Å²) in [6.45, 7) is 2.85. The highest BCUT2D eigenvalue weighted by molar-refractivity contribution is 5.20. The molecule has 0 amide bonds. The van der Waals surface area contributed by atoms with Gasteiger partial charge in [0.1, 0.15) is 0 Å². The van der Waals surface area contributed by atoms with E-state index < -0.39 is 0 Å². The molecule has 1 aromatic rings. The Hall–Kier alpha value is -1.12. The van der Waals surface area contributed by atoms with Crippen molar-refractivity contribution in [3.8, 4) is 0 Å². The van der Waals surface area contributed by atoms with Crippen LogP contribution in [0.25, 0.3) is 0 Å². The van der Waals surface area contributed by atoms with Crippen LogP contribution in [0.15, 0.2) is 12.4 Å². The molecule has 0 atom stereocenters. The molecule has 1 rings (SSSR count). The molecule has 1 aromatic heterocycles. The Labute approximate surface area is 54.2 Å². The summed E-state index contributed by atoms with van der Waals surface area (Å²) in [7, 11) is 0. The van der Waals surface area contributed by atoms with E-state index >= 15 is 0 Å². The number of rotatable bonds is 2. The summed E-state index contributed by atoms with van der Waals surface area (Å²) < 4.78 is 0. The van der Waals surface area contributed by atoms with Gasteiger partial charge in [0, 0.05) is 25.0 Å². The fourth-order valence-electron chi connectivity index (χ4n) is 0.513. The van der Waals surface area contributed by atoms with E-state index in [-0.39, 0.29) is 0 Å². The quantitative estimate of drug-likeness (QED) is 0.627. The molecule has 47 valence electrons. The minimum Gasteiger partial charge on any atom is -0.355 e. The van der Waals surface area contributed by atoms with Crippen LogP contribution in [-0.4, -0.2) is 16.5 Å². The third-order valence-corrected chi connectivity index (χ3v) is 0.858. The first kappa shape index (κ1) is 6.01. The third-order valence-electron chi connectivity index (χ3n) is 0.858. The second-order valence-electron chi connectivity index (χ2n) is 1.54. The van der Waals surface area contributed by atoms with E-state index in [4.69, 9.17) is 0 Å². The van der Waals surface area contributed by atoms with Crippen molar-refractivity contribution >= 4 is 5.95 Å². The SMILES string of the molecule is CCNc1nc[c]cn1. The van der Waals surface area contributed by atoms with Gasteiger partial charge in [-0.2, -0.15) is 0 Å². The maximum absolute atomic E-state index is 3.89. The minimum atomic E-state index is 0.663. The van der Waals surface area contributed by atoms with Crippen LogP contribution in [0.4, 0.5) is 5.95 Å². The molecule has 0 unspecified atom stereocenters. The zero-order valence-electron chi connectivity index (χ0n) is 5.26. The second kappa shape index (κ2) is 3.02. The van der Waals surface area contributed by atoms with Gasteiger partial charge in [-0.25, -0.2) is 9.97 Å². The Morgan fingerprint density at radius 3 is 2.78 bits per heavy atom. The van der Waals surface area contributed by atoms with Gasteiger partial charge in [0.2, 0.25) is 5.95 Å². The number of hydrogen-bond donors (Lipinski definition) is 1. The molecule has 0 spiro atoms. The van der Waals surface area contributed by atoms with Crippen LogP contribution in [0.5, 0.6) is 0 Å². The zero-order valence-corrected chi connectivity index (χ0v) is 5.26. The van der Waals surface area contributed by atoms with Gasteiger partial charge in [-0.3, -0.25) is 0 Å². The van der Waals surface area contributed by atoms with Crippen molar-refractivity contribution in [3.63, 3.8) is 0 Å². The summed E-state index contributed by atoms with van der Waals surface area (Å²) in [6, 6.07) is 2.73.